The first kappa shape index (κ1) is 19.7. The largest absolute Gasteiger partial charge is 0.263 e. The summed E-state index contributed by atoms with van der Waals surface area (Å²) in [4.78, 5) is 3.95. The van der Waals surface area contributed by atoms with E-state index in [9.17, 15) is 8.42 Å². The quantitative estimate of drug-likeness (QED) is 0.923. The van der Waals surface area contributed by atoms with Gasteiger partial charge in [0, 0.05) is 11.5 Å². The van der Waals surface area contributed by atoms with Crippen molar-refractivity contribution in [2.24, 2.45) is 0 Å². The van der Waals surface area contributed by atoms with Crippen LogP contribution in [0.1, 0.15) is 0 Å². The van der Waals surface area contributed by atoms with Gasteiger partial charge in [-0.25, -0.2) is 13.4 Å². The van der Waals surface area contributed by atoms with E-state index in [-0.39, 0.29) is 47.2 Å². The van der Waals surface area contributed by atoms with E-state index in [1.54, 1.807) is 18.2 Å². The second-order valence-electron chi connectivity index (χ2n) is 2.66. The first-order chi connectivity index (χ1) is 7.18. The van der Waals surface area contributed by atoms with Crippen molar-refractivity contribution in [1.82, 2.24) is 9.36 Å². The molecule has 0 spiro atoms. The molecular formula is C8H10Cl3N3O2S2. The normalized spacial score (nSPS) is 9.33. The highest BCUT2D eigenvalue weighted by Crippen LogP contribution is 2.15. The first-order valence-corrected chi connectivity index (χ1v) is 6.29. The Balaban J connectivity index is 0. The molecule has 5 nitrogen and oxygen atoms in total. The summed E-state index contributed by atoms with van der Waals surface area (Å²) in [5.74, 6) is 0. The van der Waals surface area contributed by atoms with Crippen molar-refractivity contribution in [2.45, 2.75) is 4.90 Å². The van der Waals surface area contributed by atoms with Crippen molar-refractivity contribution < 1.29 is 8.42 Å². The molecular weight excluding hydrogens is 341 g/mol. The second-order valence-corrected chi connectivity index (χ2v) is 5.13. The molecule has 1 aromatic heterocycles. The SMILES string of the molecule is Cl.Cl.Cl.O=S(=O)(Nc1ncns1)c1ccccc1. The lowest BCUT2D eigenvalue weighted by molar-refractivity contribution is 0.601. The Labute approximate surface area is 127 Å². The van der Waals surface area contributed by atoms with Gasteiger partial charge in [-0.15, -0.1) is 37.2 Å². The van der Waals surface area contributed by atoms with Crippen LogP contribution in [-0.2, 0) is 10.0 Å². The van der Waals surface area contributed by atoms with Gasteiger partial charge in [-0.2, -0.15) is 4.37 Å². The molecule has 0 atom stereocenters. The lowest BCUT2D eigenvalue weighted by atomic mass is 10.4. The highest BCUT2D eigenvalue weighted by atomic mass is 35.5. The third-order valence-electron chi connectivity index (χ3n) is 1.64. The van der Waals surface area contributed by atoms with Crippen molar-refractivity contribution >= 4 is 63.9 Å². The summed E-state index contributed by atoms with van der Waals surface area (Å²) in [5, 5.41) is 0.263. The van der Waals surface area contributed by atoms with E-state index in [0.29, 0.717) is 0 Å². The smallest absolute Gasteiger partial charge is 0.253 e. The van der Waals surface area contributed by atoms with Gasteiger partial charge in [0.15, 0.2) is 0 Å². The van der Waals surface area contributed by atoms with Crippen molar-refractivity contribution in [3.63, 3.8) is 0 Å². The zero-order valence-corrected chi connectivity index (χ0v) is 12.8. The molecule has 0 unspecified atom stereocenters. The number of sulfonamides is 1. The van der Waals surface area contributed by atoms with Crippen LogP contribution in [0.25, 0.3) is 0 Å². The van der Waals surface area contributed by atoms with E-state index in [2.05, 4.69) is 14.1 Å². The first-order valence-electron chi connectivity index (χ1n) is 4.03. The van der Waals surface area contributed by atoms with Crippen LogP contribution in [0.2, 0.25) is 0 Å². The Hall–Kier alpha value is -0.600. The Morgan fingerprint density at radius 1 is 1.06 bits per heavy atom. The van der Waals surface area contributed by atoms with Gasteiger partial charge < -0.3 is 0 Å². The molecule has 18 heavy (non-hydrogen) atoms. The number of rotatable bonds is 3. The zero-order valence-electron chi connectivity index (χ0n) is 8.72. The van der Waals surface area contributed by atoms with Crippen molar-refractivity contribution in [1.29, 1.82) is 0 Å². The minimum atomic E-state index is -3.53. The number of benzene rings is 1. The van der Waals surface area contributed by atoms with Crippen LogP contribution in [0.5, 0.6) is 0 Å². The highest BCUT2D eigenvalue weighted by Gasteiger charge is 2.14. The summed E-state index contributed by atoms with van der Waals surface area (Å²) in [6, 6.07) is 8.11. The Morgan fingerprint density at radius 2 is 1.67 bits per heavy atom. The van der Waals surface area contributed by atoms with Gasteiger partial charge in [0.05, 0.1) is 4.90 Å². The lowest BCUT2D eigenvalue weighted by Crippen LogP contribution is -2.12. The van der Waals surface area contributed by atoms with Gasteiger partial charge in [0.2, 0.25) is 5.13 Å². The van der Waals surface area contributed by atoms with Gasteiger partial charge in [-0.05, 0) is 12.1 Å². The molecule has 1 aromatic carbocycles. The predicted molar refractivity (Wildman–Crippen MR) is 78.9 cm³/mol. The van der Waals surface area contributed by atoms with Crippen molar-refractivity contribution in [3.8, 4) is 0 Å². The molecule has 1 heterocycles. The molecule has 10 heteroatoms. The van der Waals surface area contributed by atoms with E-state index in [1.807, 2.05) is 0 Å². The summed E-state index contributed by atoms with van der Waals surface area (Å²) >= 11 is 0.993. The van der Waals surface area contributed by atoms with Gasteiger partial charge in [-0.1, -0.05) is 18.2 Å². The fourth-order valence-corrected chi connectivity index (χ4v) is 2.67. The van der Waals surface area contributed by atoms with Crippen molar-refractivity contribution in [3.05, 3.63) is 36.7 Å². The van der Waals surface area contributed by atoms with E-state index in [0.717, 1.165) is 11.5 Å². The van der Waals surface area contributed by atoms with Crippen LogP contribution in [0.15, 0.2) is 41.6 Å². The molecule has 102 valence electrons. The van der Waals surface area contributed by atoms with Crippen LogP contribution in [0.4, 0.5) is 5.13 Å². The number of aromatic nitrogens is 2. The minimum Gasteiger partial charge on any atom is -0.253 e. The van der Waals surface area contributed by atoms with Crippen LogP contribution in [0, 0.1) is 0 Å². The molecule has 0 saturated carbocycles. The summed E-state index contributed by atoms with van der Waals surface area (Å²) in [6.45, 7) is 0. The van der Waals surface area contributed by atoms with E-state index in [4.69, 9.17) is 0 Å². The van der Waals surface area contributed by atoms with E-state index >= 15 is 0 Å². The Bertz CT molecular complexity index is 534. The summed E-state index contributed by atoms with van der Waals surface area (Å²) in [6.07, 6.45) is 1.30. The second kappa shape index (κ2) is 8.49. The van der Waals surface area contributed by atoms with Gasteiger partial charge in [0.1, 0.15) is 6.33 Å². The number of halogens is 3. The van der Waals surface area contributed by atoms with Gasteiger partial charge in [-0.3, -0.25) is 4.72 Å². The molecule has 0 amide bonds. The molecule has 0 bridgehead atoms. The highest BCUT2D eigenvalue weighted by molar-refractivity contribution is 7.93. The monoisotopic (exact) mass is 349 g/mol. The molecule has 1 N–H and O–H groups in total. The van der Waals surface area contributed by atoms with E-state index < -0.39 is 10.0 Å². The topological polar surface area (TPSA) is 72.0 Å². The van der Waals surface area contributed by atoms with Crippen LogP contribution < -0.4 is 4.72 Å². The third-order valence-corrected chi connectivity index (χ3v) is 3.70. The summed E-state index contributed by atoms with van der Waals surface area (Å²) in [7, 11) is -3.53. The maximum atomic E-state index is 11.7. The molecule has 0 fully saturated rings. The summed E-state index contributed by atoms with van der Waals surface area (Å²) in [5.41, 5.74) is 0. The number of hydrogen-bond acceptors (Lipinski definition) is 5. The Morgan fingerprint density at radius 3 is 2.17 bits per heavy atom. The third kappa shape index (κ3) is 4.95. The van der Waals surface area contributed by atoms with Gasteiger partial charge >= 0.3 is 0 Å². The number of nitrogens with one attached hydrogen (secondary N) is 1. The van der Waals surface area contributed by atoms with Crippen molar-refractivity contribution in [2.75, 3.05) is 4.72 Å². The molecule has 0 aliphatic heterocycles. The number of hydrogen-bond donors (Lipinski definition) is 1. The Kier molecular flexibility index (Phi) is 9.31. The molecule has 0 aliphatic carbocycles. The maximum absolute atomic E-state index is 11.7. The van der Waals surface area contributed by atoms with Gasteiger partial charge in [0.25, 0.3) is 10.0 Å². The van der Waals surface area contributed by atoms with Crippen LogP contribution in [0.3, 0.4) is 0 Å². The van der Waals surface area contributed by atoms with Crippen LogP contribution >= 0.6 is 48.8 Å². The van der Waals surface area contributed by atoms with E-state index in [1.165, 1.54) is 18.5 Å². The molecule has 2 aromatic rings. The predicted octanol–water partition coefficient (Wildman–Crippen LogP) is 2.60. The maximum Gasteiger partial charge on any atom is 0.263 e. The minimum absolute atomic E-state index is 0. The lowest BCUT2D eigenvalue weighted by Gasteiger charge is -2.03. The molecule has 2 rings (SSSR count). The fourth-order valence-electron chi connectivity index (χ4n) is 0.992. The number of nitrogens with zero attached hydrogens (tertiary/aromatic N) is 2. The molecule has 0 saturated heterocycles. The standard InChI is InChI=1S/C8H7N3O2S2.3ClH/c12-15(13,7-4-2-1-3-5-7)11-8-9-6-10-14-8;;;/h1-6H,(H,9,10,11);3*1H. The fraction of sp³-hybridized carbons (Fsp3) is 0. The van der Waals surface area contributed by atoms with Crippen LogP contribution in [-0.4, -0.2) is 17.8 Å². The average Bonchev–Trinajstić information content (AvgIpc) is 2.71. The summed E-state index contributed by atoms with van der Waals surface area (Å²) < 4.78 is 29.5. The number of anilines is 1. The molecule has 0 aliphatic rings. The zero-order chi connectivity index (χ0) is 10.7. The average molecular weight is 351 g/mol. The molecule has 0 radical (unpaired) electrons.